The smallest absolute Gasteiger partial charge is 0.140 e. The van der Waals surface area contributed by atoms with Crippen molar-refractivity contribution in [3.05, 3.63) is 53.5 Å². The number of anilines is 2. The lowest BCUT2D eigenvalue weighted by atomic mass is 10.2. The van der Waals surface area contributed by atoms with Crippen LogP contribution in [0.5, 0.6) is 0 Å². The van der Waals surface area contributed by atoms with Crippen LogP contribution in [0.25, 0.3) is 0 Å². The van der Waals surface area contributed by atoms with Crippen molar-refractivity contribution in [2.24, 2.45) is 5.73 Å². The number of pyridine rings is 1. The van der Waals surface area contributed by atoms with E-state index in [0.717, 1.165) is 5.56 Å². The molecule has 5 heteroatoms. The van der Waals surface area contributed by atoms with Crippen molar-refractivity contribution in [3.8, 4) is 0 Å². The number of rotatable bonds is 3. The van der Waals surface area contributed by atoms with Gasteiger partial charge in [-0.1, -0.05) is 12.2 Å². The normalized spacial score (nSPS) is 10.1. The van der Waals surface area contributed by atoms with E-state index in [1.54, 1.807) is 18.3 Å². The van der Waals surface area contributed by atoms with Crippen LogP contribution in [0.1, 0.15) is 11.1 Å². The third kappa shape index (κ3) is 2.81. The fourth-order valence-corrected chi connectivity index (χ4v) is 1.81. The zero-order valence-corrected chi connectivity index (χ0v) is 10.6. The largest absolute Gasteiger partial charge is 0.389 e. The van der Waals surface area contributed by atoms with Crippen LogP contribution in [0.3, 0.4) is 0 Å². The molecule has 0 atom stereocenters. The Bertz CT molecular complexity index is 578. The monoisotopic (exact) mass is 261 g/mol. The molecule has 0 unspecified atom stereocenters. The molecule has 0 aliphatic carbocycles. The number of nitrogens with two attached hydrogens (primary N) is 1. The van der Waals surface area contributed by atoms with Gasteiger partial charge in [0.2, 0.25) is 0 Å². The number of nitrogens with zero attached hydrogens (tertiary/aromatic N) is 1. The molecule has 0 saturated heterocycles. The average molecular weight is 261 g/mol. The molecule has 2 aromatic rings. The SMILES string of the molecule is Cc1cc(F)cc(Nc2ncccc2C(N)=S)c1. The maximum absolute atomic E-state index is 13.3. The number of aryl methyl sites for hydroxylation is 1. The minimum absolute atomic E-state index is 0.249. The van der Waals surface area contributed by atoms with Crippen molar-refractivity contribution in [1.29, 1.82) is 0 Å². The molecule has 0 spiro atoms. The number of thiocarbonyl (C=S) groups is 1. The van der Waals surface area contributed by atoms with Crippen LogP contribution in [-0.2, 0) is 0 Å². The van der Waals surface area contributed by atoms with Crippen LogP contribution >= 0.6 is 12.2 Å². The molecule has 0 aliphatic rings. The molecule has 1 aromatic heterocycles. The van der Waals surface area contributed by atoms with E-state index >= 15 is 0 Å². The number of hydrogen-bond donors (Lipinski definition) is 2. The maximum Gasteiger partial charge on any atom is 0.140 e. The zero-order chi connectivity index (χ0) is 13.1. The van der Waals surface area contributed by atoms with Crippen molar-refractivity contribution < 1.29 is 4.39 Å². The van der Waals surface area contributed by atoms with Gasteiger partial charge in [-0.15, -0.1) is 0 Å². The molecule has 2 rings (SSSR count). The van der Waals surface area contributed by atoms with Gasteiger partial charge in [0.25, 0.3) is 0 Å². The van der Waals surface area contributed by atoms with Crippen molar-refractivity contribution in [2.75, 3.05) is 5.32 Å². The Morgan fingerprint density at radius 1 is 1.39 bits per heavy atom. The maximum atomic E-state index is 13.3. The van der Waals surface area contributed by atoms with E-state index in [2.05, 4.69) is 10.3 Å². The summed E-state index contributed by atoms with van der Waals surface area (Å²) in [5, 5.41) is 3.02. The van der Waals surface area contributed by atoms with Gasteiger partial charge in [0.15, 0.2) is 0 Å². The van der Waals surface area contributed by atoms with Gasteiger partial charge < -0.3 is 11.1 Å². The van der Waals surface area contributed by atoms with Crippen LogP contribution in [-0.4, -0.2) is 9.97 Å². The fourth-order valence-electron chi connectivity index (χ4n) is 1.65. The second kappa shape index (κ2) is 5.10. The molecule has 3 nitrogen and oxygen atoms in total. The summed E-state index contributed by atoms with van der Waals surface area (Å²) in [5.74, 6) is 0.223. The van der Waals surface area contributed by atoms with Crippen molar-refractivity contribution >= 4 is 28.7 Å². The predicted octanol–water partition coefficient (Wildman–Crippen LogP) is 2.91. The van der Waals surface area contributed by atoms with Gasteiger partial charge in [-0.05, 0) is 42.8 Å². The molecule has 1 aromatic carbocycles. The standard InChI is InChI=1S/C13H12FN3S/c1-8-5-9(14)7-10(6-8)17-13-11(12(15)18)3-2-4-16-13/h2-7H,1H3,(H2,15,18)(H,16,17). The van der Waals surface area contributed by atoms with E-state index in [4.69, 9.17) is 18.0 Å². The van der Waals surface area contributed by atoms with E-state index in [0.29, 0.717) is 17.1 Å². The first-order valence-corrected chi connectivity index (χ1v) is 5.76. The van der Waals surface area contributed by atoms with Crippen LogP contribution in [0.2, 0.25) is 0 Å². The van der Waals surface area contributed by atoms with Gasteiger partial charge in [-0.2, -0.15) is 0 Å². The summed E-state index contributed by atoms with van der Waals surface area (Å²) in [4.78, 5) is 4.40. The minimum Gasteiger partial charge on any atom is -0.389 e. The van der Waals surface area contributed by atoms with E-state index in [1.165, 1.54) is 12.1 Å². The second-order valence-corrected chi connectivity index (χ2v) is 4.35. The molecule has 0 radical (unpaired) electrons. The molecular weight excluding hydrogens is 249 g/mol. The molecular formula is C13H12FN3S. The lowest BCUT2D eigenvalue weighted by molar-refractivity contribution is 0.627. The second-order valence-electron chi connectivity index (χ2n) is 3.91. The molecule has 3 N–H and O–H groups in total. The molecule has 0 bridgehead atoms. The zero-order valence-electron chi connectivity index (χ0n) is 9.77. The van der Waals surface area contributed by atoms with Crippen LogP contribution in [0.4, 0.5) is 15.9 Å². The molecule has 1 heterocycles. The highest BCUT2D eigenvalue weighted by Crippen LogP contribution is 2.20. The van der Waals surface area contributed by atoms with Gasteiger partial charge in [0.1, 0.15) is 16.6 Å². The first-order chi connectivity index (χ1) is 8.56. The lowest BCUT2D eigenvalue weighted by Gasteiger charge is -2.10. The van der Waals surface area contributed by atoms with Crippen molar-refractivity contribution in [2.45, 2.75) is 6.92 Å². The van der Waals surface area contributed by atoms with E-state index in [9.17, 15) is 4.39 Å². The number of benzene rings is 1. The third-order valence-electron chi connectivity index (χ3n) is 2.38. The summed E-state index contributed by atoms with van der Waals surface area (Å²) < 4.78 is 13.3. The molecule has 0 amide bonds. The lowest BCUT2D eigenvalue weighted by Crippen LogP contribution is -2.12. The summed E-state index contributed by atoms with van der Waals surface area (Å²) in [7, 11) is 0. The van der Waals surface area contributed by atoms with E-state index < -0.39 is 0 Å². The number of aromatic nitrogens is 1. The summed E-state index contributed by atoms with van der Waals surface area (Å²) in [5.41, 5.74) is 7.68. The number of halogens is 1. The van der Waals surface area contributed by atoms with Crippen LogP contribution in [0, 0.1) is 12.7 Å². The van der Waals surface area contributed by atoms with Crippen molar-refractivity contribution in [3.63, 3.8) is 0 Å². The van der Waals surface area contributed by atoms with Gasteiger partial charge in [0.05, 0.1) is 5.56 Å². The summed E-state index contributed by atoms with van der Waals surface area (Å²) in [6, 6.07) is 8.19. The minimum atomic E-state index is -0.301. The van der Waals surface area contributed by atoms with E-state index in [1.807, 2.05) is 13.0 Å². The summed E-state index contributed by atoms with van der Waals surface area (Å²) in [6.07, 6.45) is 1.62. The Kier molecular flexibility index (Phi) is 3.53. The first-order valence-electron chi connectivity index (χ1n) is 5.35. The quantitative estimate of drug-likeness (QED) is 0.834. The van der Waals surface area contributed by atoms with Crippen LogP contribution in [0.15, 0.2) is 36.5 Å². The van der Waals surface area contributed by atoms with Crippen LogP contribution < -0.4 is 11.1 Å². The Hall–Kier alpha value is -2.01. The Morgan fingerprint density at radius 3 is 2.83 bits per heavy atom. The molecule has 0 aliphatic heterocycles. The van der Waals surface area contributed by atoms with Gasteiger partial charge in [-0.3, -0.25) is 0 Å². The first kappa shape index (κ1) is 12.4. The Labute approximate surface area is 110 Å². The third-order valence-corrected chi connectivity index (χ3v) is 2.60. The number of hydrogen-bond acceptors (Lipinski definition) is 3. The number of nitrogens with one attached hydrogen (secondary N) is 1. The van der Waals surface area contributed by atoms with Gasteiger partial charge in [0, 0.05) is 11.9 Å². The summed E-state index contributed by atoms with van der Waals surface area (Å²) in [6.45, 7) is 1.82. The van der Waals surface area contributed by atoms with E-state index in [-0.39, 0.29) is 10.8 Å². The molecule has 0 saturated carbocycles. The fraction of sp³-hybridized carbons (Fsp3) is 0.0769. The highest BCUT2D eigenvalue weighted by Gasteiger charge is 2.06. The molecule has 18 heavy (non-hydrogen) atoms. The highest BCUT2D eigenvalue weighted by atomic mass is 32.1. The van der Waals surface area contributed by atoms with Gasteiger partial charge >= 0.3 is 0 Å². The Morgan fingerprint density at radius 2 is 2.17 bits per heavy atom. The topological polar surface area (TPSA) is 50.9 Å². The molecule has 92 valence electrons. The Balaban J connectivity index is 2.37. The summed E-state index contributed by atoms with van der Waals surface area (Å²) >= 11 is 4.94. The molecule has 0 fully saturated rings. The highest BCUT2D eigenvalue weighted by molar-refractivity contribution is 7.80. The predicted molar refractivity (Wildman–Crippen MR) is 74.5 cm³/mol. The van der Waals surface area contributed by atoms with Crippen molar-refractivity contribution in [1.82, 2.24) is 4.98 Å². The van der Waals surface area contributed by atoms with Gasteiger partial charge in [-0.25, -0.2) is 9.37 Å². The average Bonchev–Trinajstić information content (AvgIpc) is 2.27.